The van der Waals surface area contributed by atoms with Crippen LogP contribution in [0, 0.1) is 11.3 Å². The highest BCUT2D eigenvalue weighted by Gasteiger charge is 2.34. The molecule has 0 aliphatic carbocycles. The largest absolute Gasteiger partial charge is 0.321 e. The van der Waals surface area contributed by atoms with E-state index in [1.54, 1.807) is 55.6 Å². The molecule has 134 valence electrons. The monoisotopic (exact) mass is 378 g/mol. The zero-order chi connectivity index (χ0) is 19.2. The fraction of sp³-hybridized carbons (Fsp3) is 0.105. The fourth-order valence-corrected chi connectivity index (χ4v) is 4.88. The third-order valence-corrected chi connectivity index (χ3v) is 6.12. The lowest BCUT2D eigenvalue weighted by Crippen LogP contribution is -2.18. The van der Waals surface area contributed by atoms with Gasteiger partial charge in [-0.3, -0.25) is 9.48 Å². The summed E-state index contributed by atoms with van der Waals surface area (Å²) in [6.45, 7) is 0. The van der Waals surface area contributed by atoms with E-state index in [0.717, 1.165) is 0 Å². The number of benzene rings is 2. The first kappa shape index (κ1) is 17.0. The lowest BCUT2D eigenvalue weighted by Gasteiger charge is -2.18. The van der Waals surface area contributed by atoms with Crippen LogP contribution in [-0.2, 0) is 22.6 Å². The average molecular weight is 378 g/mol. The molecule has 1 aliphatic rings. The maximum absolute atomic E-state index is 12.8. The van der Waals surface area contributed by atoms with Crippen molar-refractivity contribution >= 4 is 21.4 Å². The van der Waals surface area contributed by atoms with E-state index in [1.807, 2.05) is 6.07 Å². The molecule has 27 heavy (non-hydrogen) atoms. The Bertz CT molecular complexity index is 1240. The Hall–Kier alpha value is -3.44. The molecule has 0 atom stereocenters. The van der Waals surface area contributed by atoms with Gasteiger partial charge in [0.25, 0.3) is 5.91 Å². The standard InChI is InChI=1S/C19H14N4O3S/c1-23-18-14-7-2-3-8-16(14)27(25,26)11-15(18)17(22-23)19(24)21-13-6-4-5-12(9-13)10-20/h2-9H,11H2,1H3,(H,21,24). The fourth-order valence-electron chi connectivity index (χ4n) is 3.28. The van der Waals surface area contributed by atoms with Crippen molar-refractivity contribution in [2.24, 2.45) is 7.05 Å². The Labute approximate surface area is 155 Å². The van der Waals surface area contributed by atoms with Crippen LogP contribution in [0.3, 0.4) is 0 Å². The Morgan fingerprint density at radius 3 is 2.78 bits per heavy atom. The summed E-state index contributed by atoms with van der Waals surface area (Å²) in [6.07, 6.45) is 0. The van der Waals surface area contributed by atoms with Crippen LogP contribution < -0.4 is 5.32 Å². The number of nitrogens with zero attached hydrogens (tertiary/aromatic N) is 3. The molecule has 2 aromatic carbocycles. The van der Waals surface area contributed by atoms with Gasteiger partial charge in [-0.2, -0.15) is 10.4 Å². The van der Waals surface area contributed by atoms with Gasteiger partial charge in [-0.25, -0.2) is 8.42 Å². The van der Waals surface area contributed by atoms with Gasteiger partial charge in [0.2, 0.25) is 0 Å². The lowest BCUT2D eigenvalue weighted by atomic mass is 10.1. The summed E-state index contributed by atoms with van der Waals surface area (Å²) in [6, 6.07) is 15.2. The minimum absolute atomic E-state index is 0.0629. The number of nitrogens with one attached hydrogen (secondary N) is 1. The predicted molar refractivity (Wildman–Crippen MR) is 98.6 cm³/mol. The molecule has 0 saturated carbocycles. The van der Waals surface area contributed by atoms with Gasteiger partial charge in [-0.05, 0) is 24.3 Å². The second kappa shape index (κ2) is 6.07. The quantitative estimate of drug-likeness (QED) is 0.738. The van der Waals surface area contributed by atoms with Crippen LogP contribution in [0.15, 0.2) is 53.4 Å². The number of carbonyl (C=O) groups is 1. The van der Waals surface area contributed by atoms with Crippen molar-refractivity contribution < 1.29 is 13.2 Å². The first-order valence-corrected chi connectivity index (χ1v) is 9.75. The third kappa shape index (κ3) is 2.78. The molecule has 4 rings (SSSR count). The van der Waals surface area contributed by atoms with E-state index >= 15 is 0 Å². The molecule has 1 N–H and O–H groups in total. The van der Waals surface area contributed by atoms with Crippen LogP contribution >= 0.6 is 0 Å². The summed E-state index contributed by atoms with van der Waals surface area (Å²) in [4.78, 5) is 13.0. The van der Waals surface area contributed by atoms with Crippen LogP contribution in [0.1, 0.15) is 21.6 Å². The first-order valence-electron chi connectivity index (χ1n) is 8.10. The highest BCUT2D eigenvalue weighted by atomic mass is 32.2. The Morgan fingerprint density at radius 1 is 1.22 bits per heavy atom. The number of hydrogen-bond acceptors (Lipinski definition) is 5. The zero-order valence-corrected chi connectivity index (χ0v) is 15.1. The third-order valence-electron chi connectivity index (χ3n) is 4.42. The number of anilines is 1. The summed E-state index contributed by atoms with van der Waals surface area (Å²) in [5.74, 6) is -0.801. The van der Waals surface area contributed by atoms with E-state index in [0.29, 0.717) is 28.1 Å². The molecule has 1 aliphatic heterocycles. The number of hydrogen-bond donors (Lipinski definition) is 1. The van der Waals surface area contributed by atoms with E-state index in [1.165, 1.54) is 4.68 Å². The van der Waals surface area contributed by atoms with Gasteiger partial charge in [0.15, 0.2) is 15.5 Å². The summed E-state index contributed by atoms with van der Waals surface area (Å²) in [5.41, 5.74) is 2.46. The van der Waals surface area contributed by atoms with Gasteiger partial charge in [0.1, 0.15) is 0 Å². The smallest absolute Gasteiger partial charge is 0.276 e. The summed E-state index contributed by atoms with van der Waals surface area (Å²) in [5, 5.41) is 15.9. The molecule has 0 bridgehead atoms. The number of amides is 1. The van der Waals surface area contributed by atoms with Crippen molar-refractivity contribution in [2.75, 3.05) is 5.32 Å². The molecule has 1 amide bonds. The van der Waals surface area contributed by atoms with Crippen molar-refractivity contribution in [2.45, 2.75) is 10.6 Å². The van der Waals surface area contributed by atoms with Crippen LogP contribution in [0.25, 0.3) is 11.3 Å². The van der Waals surface area contributed by atoms with E-state index in [2.05, 4.69) is 10.4 Å². The molecule has 0 radical (unpaired) electrons. The summed E-state index contributed by atoms with van der Waals surface area (Å²) >= 11 is 0. The SMILES string of the molecule is Cn1nc(C(=O)Nc2cccc(C#N)c2)c2c1-c1ccccc1S(=O)(=O)C2. The maximum Gasteiger partial charge on any atom is 0.276 e. The summed E-state index contributed by atoms with van der Waals surface area (Å²) < 4.78 is 26.8. The van der Waals surface area contributed by atoms with E-state index < -0.39 is 15.7 Å². The molecule has 3 aromatic rings. The zero-order valence-electron chi connectivity index (χ0n) is 14.3. The minimum atomic E-state index is -3.56. The normalized spacial score (nSPS) is 13.9. The topological polar surface area (TPSA) is 105 Å². The van der Waals surface area contributed by atoms with Gasteiger partial charge >= 0.3 is 0 Å². The van der Waals surface area contributed by atoms with Crippen molar-refractivity contribution in [1.82, 2.24) is 9.78 Å². The molecule has 8 heteroatoms. The van der Waals surface area contributed by atoms with Gasteiger partial charge in [0.05, 0.1) is 28.0 Å². The molecular formula is C19H14N4O3S. The van der Waals surface area contributed by atoms with Crippen molar-refractivity contribution in [1.29, 1.82) is 5.26 Å². The van der Waals surface area contributed by atoms with Crippen molar-refractivity contribution in [3.05, 3.63) is 65.4 Å². The molecule has 0 fully saturated rings. The molecule has 0 unspecified atom stereocenters. The van der Waals surface area contributed by atoms with E-state index in [-0.39, 0.29) is 16.3 Å². The highest BCUT2D eigenvalue weighted by Crippen LogP contribution is 2.39. The minimum Gasteiger partial charge on any atom is -0.321 e. The van der Waals surface area contributed by atoms with Gasteiger partial charge in [-0.1, -0.05) is 24.3 Å². The van der Waals surface area contributed by atoms with Crippen LogP contribution in [0.5, 0.6) is 0 Å². The Balaban J connectivity index is 1.80. The van der Waals surface area contributed by atoms with Crippen LogP contribution in [0.4, 0.5) is 5.69 Å². The van der Waals surface area contributed by atoms with Crippen molar-refractivity contribution in [3.8, 4) is 17.3 Å². The number of carbonyl (C=O) groups excluding carboxylic acids is 1. The Kier molecular flexibility index (Phi) is 3.82. The predicted octanol–water partition coefficient (Wildman–Crippen LogP) is 2.50. The number of rotatable bonds is 2. The average Bonchev–Trinajstić information content (AvgIpc) is 2.97. The van der Waals surface area contributed by atoms with Gasteiger partial charge < -0.3 is 5.32 Å². The van der Waals surface area contributed by atoms with E-state index in [4.69, 9.17) is 5.26 Å². The molecular weight excluding hydrogens is 364 g/mol. The van der Waals surface area contributed by atoms with Crippen LogP contribution in [-0.4, -0.2) is 24.1 Å². The number of sulfone groups is 1. The number of fused-ring (bicyclic) bond motifs is 3. The molecule has 7 nitrogen and oxygen atoms in total. The van der Waals surface area contributed by atoms with Gasteiger partial charge in [0, 0.05) is 23.9 Å². The van der Waals surface area contributed by atoms with Gasteiger partial charge in [-0.15, -0.1) is 0 Å². The first-order chi connectivity index (χ1) is 12.9. The molecule has 0 spiro atoms. The number of aromatic nitrogens is 2. The maximum atomic E-state index is 12.8. The van der Waals surface area contributed by atoms with Crippen LogP contribution in [0.2, 0.25) is 0 Å². The summed E-state index contributed by atoms with van der Waals surface area (Å²) in [7, 11) is -1.88. The second-order valence-electron chi connectivity index (χ2n) is 6.20. The highest BCUT2D eigenvalue weighted by molar-refractivity contribution is 7.90. The molecule has 1 aromatic heterocycles. The Morgan fingerprint density at radius 2 is 2.00 bits per heavy atom. The van der Waals surface area contributed by atoms with Crippen molar-refractivity contribution in [3.63, 3.8) is 0 Å². The number of aryl methyl sites for hydroxylation is 1. The van der Waals surface area contributed by atoms with E-state index in [9.17, 15) is 13.2 Å². The second-order valence-corrected chi connectivity index (χ2v) is 8.16. The molecule has 0 saturated heterocycles. The number of nitriles is 1. The lowest BCUT2D eigenvalue weighted by molar-refractivity contribution is 0.102. The molecule has 2 heterocycles.